The van der Waals surface area contributed by atoms with Gasteiger partial charge in [0.2, 0.25) is 10.0 Å². The monoisotopic (exact) mass is 428 g/mol. The third kappa shape index (κ3) is 6.50. The molecule has 1 aromatic rings. The molecule has 0 aromatic heterocycles. The van der Waals surface area contributed by atoms with Gasteiger partial charge in [0.05, 0.1) is 0 Å². The maximum absolute atomic E-state index is 13.9. The Morgan fingerprint density at radius 1 is 1.21 bits per heavy atom. The number of sulfonamides is 1. The Labute approximate surface area is 171 Å². The molecule has 0 aliphatic heterocycles. The zero-order valence-electron chi connectivity index (χ0n) is 17.0. The summed E-state index contributed by atoms with van der Waals surface area (Å²) in [4.78, 5) is 24.0. The molecule has 9 heteroatoms. The number of hydrogen-bond acceptors (Lipinski definition) is 5. The first-order chi connectivity index (χ1) is 13.6. The summed E-state index contributed by atoms with van der Waals surface area (Å²) in [6, 6.07) is 3.69. The van der Waals surface area contributed by atoms with Crippen LogP contribution in [0.4, 0.5) is 4.39 Å². The number of esters is 1. The Bertz CT molecular complexity index is 828. The van der Waals surface area contributed by atoms with Crippen LogP contribution in [0.5, 0.6) is 0 Å². The van der Waals surface area contributed by atoms with E-state index < -0.39 is 51.2 Å². The largest absolute Gasteiger partial charge is 0.454 e. The fourth-order valence-electron chi connectivity index (χ4n) is 3.36. The minimum absolute atomic E-state index is 0.0513. The van der Waals surface area contributed by atoms with E-state index in [1.807, 2.05) is 0 Å². The van der Waals surface area contributed by atoms with E-state index in [0.717, 1.165) is 37.8 Å². The van der Waals surface area contributed by atoms with Gasteiger partial charge in [0.15, 0.2) is 6.61 Å². The molecule has 0 bridgehead atoms. The second-order valence-corrected chi connectivity index (χ2v) is 9.50. The molecule has 1 fully saturated rings. The standard InChI is InChI=1S/C20H29FN2O5S/c1-13(2)19(23-29(26,27)17-11-7-5-9-15(17)21)20(25)28-12-18(24)22-16-10-6-4-8-14(16)3/h5,7,9,11,13-14,16,19,23H,4,6,8,10,12H2,1-3H3,(H,22,24). The number of rotatable bonds is 8. The van der Waals surface area contributed by atoms with Crippen molar-refractivity contribution in [2.75, 3.05) is 6.61 Å². The predicted molar refractivity (Wildman–Crippen MR) is 106 cm³/mol. The Balaban J connectivity index is 1.97. The summed E-state index contributed by atoms with van der Waals surface area (Å²) in [6.45, 7) is 4.83. The van der Waals surface area contributed by atoms with Crippen molar-refractivity contribution in [3.63, 3.8) is 0 Å². The topological polar surface area (TPSA) is 102 Å². The first kappa shape index (κ1) is 23.3. The summed E-state index contributed by atoms with van der Waals surface area (Å²) < 4.78 is 46.0. The van der Waals surface area contributed by atoms with Crippen LogP contribution >= 0.6 is 0 Å². The molecule has 29 heavy (non-hydrogen) atoms. The summed E-state index contributed by atoms with van der Waals surface area (Å²) in [7, 11) is -4.28. The molecule has 1 aromatic carbocycles. The molecule has 7 nitrogen and oxygen atoms in total. The number of amides is 1. The van der Waals surface area contributed by atoms with Crippen molar-refractivity contribution < 1.29 is 27.1 Å². The molecule has 1 aliphatic carbocycles. The molecule has 3 unspecified atom stereocenters. The Kier molecular flexibility index (Phi) is 8.15. The van der Waals surface area contributed by atoms with E-state index in [2.05, 4.69) is 17.0 Å². The molecule has 0 saturated heterocycles. The summed E-state index contributed by atoms with van der Waals surface area (Å²) >= 11 is 0. The Morgan fingerprint density at radius 2 is 1.86 bits per heavy atom. The molecule has 0 spiro atoms. The van der Waals surface area contributed by atoms with Crippen molar-refractivity contribution in [3.8, 4) is 0 Å². The van der Waals surface area contributed by atoms with Gasteiger partial charge in [0.25, 0.3) is 5.91 Å². The fourth-order valence-corrected chi connectivity index (χ4v) is 4.77. The number of carbonyl (C=O) groups excluding carboxylic acids is 2. The molecule has 162 valence electrons. The van der Waals surface area contributed by atoms with Crippen LogP contribution in [0.25, 0.3) is 0 Å². The van der Waals surface area contributed by atoms with Crippen molar-refractivity contribution in [1.82, 2.24) is 10.0 Å². The number of benzene rings is 1. The molecular formula is C20H29FN2O5S. The van der Waals surface area contributed by atoms with Gasteiger partial charge >= 0.3 is 5.97 Å². The first-order valence-corrected chi connectivity index (χ1v) is 11.3. The Hall–Kier alpha value is -2.00. The highest BCUT2D eigenvalue weighted by Gasteiger charge is 2.31. The third-order valence-corrected chi connectivity index (χ3v) is 6.61. The fraction of sp³-hybridized carbons (Fsp3) is 0.600. The van der Waals surface area contributed by atoms with Gasteiger partial charge in [0, 0.05) is 6.04 Å². The third-order valence-electron chi connectivity index (χ3n) is 5.13. The summed E-state index contributed by atoms with van der Waals surface area (Å²) in [5, 5.41) is 2.87. The average molecular weight is 429 g/mol. The van der Waals surface area contributed by atoms with Crippen molar-refractivity contribution >= 4 is 21.9 Å². The zero-order chi connectivity index (χ0) is 21.6. The molecule has 0 heterocycles. The van der Waals surface area contributed by atoms with Crippen molar-refractivity contribution in [3.05, 3.63) is 30.1 Å². The summed E-state index contributed by atoms with van der Waals surface area (Å²) in [5.74, 6) is -2.33. The van der Waals surface area contributed by atoms with E-state index in [4.69, 9.17) is 4.74 Å². The van der Waals surface area contributed by atoms with Crippen LogP contribution in [0.1, 0.15) is 46.5 Å². The van der Waals surface area contributed by atoms with E-state index in [-0.39, 0.29) is 6.04 Å². The normalized spacial score (nSPS) is 20.9. The quantitative estimate of drug-likeness (QED) is 0.619. The lowest BCUT2D eigenvalue weighted by Crippen LogP contribution is -2.47. The smallest absolute Gasteiger partial charge is 0.324 e. The van der Waals surface area contributed by atoms with Crippen LogP contribution in [-0.2, 0) is 24.3 Å². The molecule has 0 radical (unpaired) electrons. The summed E-state index contributed by atoms with van der Waals surface area (Å²) in [6.07, 6.45) is 4.11. The second-order valence-electron chi connectivity index (χ2n) is 7.82. The molecule has 1 amide bonds. The van der Waals surface area contributed by atoms with Gasteiger partial charge in [-0.1, -0.05) is 45.7 Å². The van der Waals surface area contributed by atoms with E-state index in [1.54, 1.807) is 13.8 Å². The highest BCUT2D eigenvalue weighted by molar-refractivity contribution is 7.89. The molecule has 1 aliphatic rings. The van der Waals surface area contributed by atoms with Crippen LogP contribution < -0.4 is 10.0 Å². The maximum atomic E-state index is 13.9. The molecule has 2 rings (SSSR count). The number of carbonyl (C=O) groups is 2. The molecular weight excluding hydrogens is 399 g/mol. The average Bonchev–Trinajstić information content (AvgIpc) is 2.66. The lowest BCUT2D eigenvalue weighted by Gasteiger charge is -2.29. The SMILES string of the molecule is CC(C)C(NS(=O)(=O)c1ccccc1F)C(=O)OCC(=O)NC1CCCCC1C. The number of halogens is 1. The van der Waals surface area contributed by atoms with E-state index in [1.165, 1.54) is 12.1 Å². The van der Waals surface area contributed by atoms with E-state index in [0.29, 0.717) is 5.92 Å². The molecule has 2 N–H and O–H groups in total. The molecule has 1 saturated carbocycles. The van der Waals surface area contributed by atoms with Gasteiger partial charge < -0.3 is 10.1 Å². The number of ether oxygens (including phenoxy) is 1. The van der Waals surface area contributed by atoms with Gasteiger partial charge in [-0.15, -0.1) is 0 Å². The van der Waals surface area contributed by atoms with Gasteiger partial charge in [-0.25, -0.2) is 12.8 Å². The van der Waals surface area contributed by atoms with Crippen LogP contribution in [0.15, 0.2) is 29.2 Å². The lowest BCUT2D eigenvalue weighted by molar-refractivity contribution is -0.151. The van der Waals surface area contributed by atoms with Gasteiger partial charge in [-0.3, -0.25) is 9.59 Å². The van der Waals surface area contributed by atoms with Crippen LogP contribution in [0.3, 0.4) is 0 Å². The van der Waals surface area contributed by atoms with Gasteiger partial charge in [0.1, 0.15) is 16.8 Å². The van der Waals surface area contributed by atoms with Crippen LogP contribution in [0, 0.1) is 17.7 Å². The number of hydrogen-bond donors (Lipinski definition) is 2. The molecule has 3 atom stereocenters. The van der Waals surface area contributed by atoms with Crippen molar-refractivity contribution in [2.24, 2.45) is 11.8 Å². The van der Waals surface area contributed by atoms with Gasteiger partial charge in [-0.05, 0) is 36.8 Å². The first-order valence-electron chi connectivity index (χ1n) is 9.84. The predicted octanol–water partition coefficient (Wildman–Crippen LogP) is 2.37. The van der Waals surface area contributed by atoms with Crippen molar-refractivity contribution in [1.29, 1.82) is 0 Å². The minimum atomic E-state index is -4.28. The summed E-state index contributed by atoms with van der Waals surface area (Å²) in [5.41, 5.74) is 0. The maximum Gasteiger partial charge on any atom is 0.324 e. The lowest BCUT2D eigenvalue weighted by atomic mass is 9.86. The highest BCUT2D eigenvalue weighted by atomic mass is 32.2. The Morgan fingerprint density at radius 3 is 2.48 bits per heavy atom. The highest BCUT2D eigenvalue weighted by Crippen LogP contribution is 2.23. The van der Waals surface area contributed by atoms with Crippen LogP contribution in [0.2, 0.25) is 0 Å². The van der Waals surface area contributed by atoms with E-state index >= 15 is 0 Å². The van der Waals surface area contributed by atoms with Crippen molar-refractivity contribution in [2.45, 2.75) is 63.4 Å². The van der Waals surface area contributed by atoms with Crippen LogP contribution in [-0.4, -0.2) is 39.0 Å². The number of nitrogens with one attached hydrogen (secondary N) is 2. The zero-order valence-corrected chi connectivity index (χ0v) is 17.8. The van der Waals surface area contributed by atoms with Gasteiger partial charge in [-0.2, -0.15) is 4.72 Å². The van der Waals surface area contributed by atoms with E-state index in [9.17, 15) is 22.4 Å². The second kappa shape index (κ2) is 10.2. The minimum Gasteiger partial charge on any atom is -0.454 e.